The summed E-state index contributed by atoms with van der Waals surface area (Å²) in [6.07, 6.45) is 2.73. The molecular formula is C22H27N5O4S2. The summed E-state index contributed by atoms with van der Waals surface area (Å²) < 4.78 is 33.5. The number of amides is 1. The van der Waals surface area contributed by atoms with Gasteiger partial charge >= 0.3 is 0 Å². The second-order valence-electron chi connectivity index (χ2n) is 7.81. The van der Waals surface area contributed by atoms with Crippen LogP contribution in [0.4, 0.5) is 11.5 Å². The van der Waals surface area contributed by atoms with Gasteiger partial charge in [-0.3, -0.25) is 9.52 Å². The van der Waals surface area contributed by atoms with Gasteiger partial charge in [0.25, 0.3) is 21.8 Å². The van der Waals surface area contributed by atoms with Crippen LogP contribution in [0.3, 0.4) is 0 Å². The second kappa shape index (κ2) is 9.86. The van der Waals surface area contributed by atoms with Crippen LogP contribution < -0.4 is 14.8 Å². The van der Waals surface area contributed by atoms with Crippen LogP contribution in [0.15, 0.2) is 34.8 Å². The highest BCUT2D eigenvalue weighted by Gasteiger charge is 2.27. The van der Waals surface area contributed by atoms with E-state index in [9.17, 15) is 13.2 Å². The molecular weight excluding hydrogens is 462 g/mol. The number of benzene rings is 1. The third-order valence-corrected chi connectivity index (χ3v) is 7.48. The number of sulfonamides is 1. The van der Waals surface area contributed by atoms with E-state index in [1.165, 1.54) is 25.6 Å². The average molecular weight is 490 g/mol. The maximum Gasteiger partial charge on any atom is 0.267 e. The van der Waals surface area contributed by atoms with Crippen LogP contribution in [0.5, 0.6) is 5.88 Å². The predicted octanol–water partition coefficient (Wildman–Crippen LogP) is 3.59. The molecule has 0 atom stereocenters. The highest BCUT2D eigenvalue weighted by atomic mass is 32.2. The number of aryl methyl sites for hydroxylation is 2. The molecule has 0 saturated carbocycles. The molecule has 1 aromatic carbocycles. The van der Waals surface area contributed by atoms with E-state index in [4.69, 9.17) is 4.74 Å². The topological polar surface area (TPSA) is 114 Å². The van der Waals surface area contributed by atoms with Gasteiger partial charge < -0.3 is 15.0 Å². The molecule has 0 aliphatic carbocycles. The molecule has 9 nitrogen and oxygen atoms in total. The minimum absolute atomic E-state index is 0.0293. The van der Waals surface area contributed by atoms with Gasteiger partial charge in [-0.2, -0.15) is 0 Å². The summed E-state index contributed by atoms with van der Waals surface area (Å²) in [5, 5.41) is 4.49. The van der Waals surface area contributed by atoms with Gasteiger partial charge in [0.1, 0.15) is 9.77 Å². The highest BCUT2D eigenvalue weighted by Crippen LogP contribution is 2.31. The van der Waals surface area contributed by atoms with Crippen molar-refractivity contribution >= 4 is 38.8 Å². The first-order chi connectivity index (χ1) is 15.5. The van der Waals surface area contributed by atoms with E-state index in [0.29, 0.717) is 5.69 Å². The average Bonchev–Trinajstić information content (AvgIpc) is 3.25. The molecule has 1 amide bonds. The Morgan fingerprint density at radius 1 is 1.15 bits per heavy atom. The lowest BCUT2D eigenvalue weighted by Gasteiger charge is -2.20. The van der Waals surface area contributed by atoms with Crippen molar-refractivity contribution < 1.29 is 17.9 Å². The van der Waals surface area contributed by atoms with Gasteiger partial charge in [-0.1, -0.05) is 6.07 Å². The normalized spacial score (nSPS) is 11.5. The molecule has 2 N–H and O–H groups in total. The number of carbonyl (C=O) groups excluding carboxylic acids is 1. The molecule has 0 saturated heterocycles. The van der Waals surface area contributed by atoms with Crippen LogP contribution >= 0.6 is 11.3 Å². The van der Waals surface area contributed by atoms with Gasteiger partial charge in [0, 0.05) is 24.6 Å². The van der Waals surface area contributed by atoms with E-state index in [0.717, 1.165) is 40.1 Å². The lowest BCUT2D eigenvalue weighted by atomic mass is 9.96. The summed E-state index contributed by atoms with van der Waals surface area (Å²) in [5.74, 6) is -0.528. The molecule has 0 fully saturated rings. The lowest BCUT2D eigenvalue weighted by molar-refractivity contribution is 0.102. The number of nitrogens with one attached hydrogen (secondary N) is 2. The van der Waals surface area contributed by atoms with E-state index < -0.39 is 15.9 Å². The minimum atomic E-state index is -4.11. The van der Waals surface area contributed by atoms with E-state index >= 15 is 0 Å². The molecule has 0 unspecified atom stereocenters. The van der Waals surface area contributed by atoms with E-state index in [1.807, 2.05) is 40.9 Å². The Kier molecular flexibility index (Phi) is 7.35. The monoisotopic (exact) mass is 489 g/mol. The zero-order chi connectivity index (χ0) is 24.3. The quantitative estimate of drug-likeness (QED) is 0.497. The van der Waals surface area contributed by atoms with Crippen molar-refractivity contribution in [1.29, 1.82) is 0 Å². The van der Waals surface area contributed by atoms with Crippen LogP contribution in [0.2, 0.25) is 0 Å². The van der Waals surface area contributed by atoms with E-state index in [1.54, 1.807) is 5.38 Å². The van der Waals surface area contributed by atoms with Crippen molar-refractivity contribution in [2.75, 3.05) is 31.2 Å². The summed E-state index contributed by atoms with van der Waals surface area (Å²) in [5.41, 5.74) is 4.81. The largest absolute Gasteiger partial charge is 0.478 e. The molecule has 11 heteroatoms. The van der Waals surface area contributed by atoms with Gasteiger partial charge in [0.15, 0.2) is 0 Å². The Hall–Kier alpha value is -3.02. The van der Waals surface area contributed by atoms with Gasteiger partial charge in [-0.25, -0.2) is 18.4 Å². The summed E-state index contributed by atoms with van der Waals surface area (Å²) in [6.45, 7) is 6.65. The predicted molar refractivity (Wildman–Crippen MR) is 130 cm³/mol. The summed E-state index contributed by atoms with van der Waals surface area (Å²) in [4.78, 5) is 23.1. The van der Waals surface area contributed by atoms with Crippen molar-refractivity contribution in [3.05, 3.63) is 57.0 Å². The third-order valence-electron chi connectivity index (χ3n) is 5.06. The Morgan fingerprint density at radius 2 is 1.85 bits per heavy atom. The first-order valence-corrected chi connectivity index (χ1v) is 12.4. The molecule has 0 bridgehead atoms. The van der Waals surface area contributed by atoms with Crippen molar-refractivity contribution in [2.24, 2.45) is 0 Å². The smallest absolute Gasteiger partial charge is 0.267 e. The molecule has 2 aromatic heterocycles. The van der Waals surface area contributed by atoms with Crippen LogP contribution in [0.1, 0.15) is 31.9 Å². The fraction of sp³-hybridized carbons (Fsp3) is 0.318. The molecule has 2 heterocycles. The molecule has 0 spiro atoms. The van der Waals surface area contributed by atoms with Crippen LogP contribution in [0, 0.1) is 20.8 Å². The first-order valence-electron chi connectivity index (χ1n) is 10.1. The SMILES string of the molecule is COc1nccnc1NS(=O)(=O)c1ccsc1C(=O)Nc1c(C)cc(C)c(CN(C)C)c1C. The lowest BCUT2D eigenvalue weighted by Crippen LogP contribution is -2.20. The van der Waals surface area contributed by atoms with Gasteiger partial charge in [-0.05, 0) is 68.6 Å². The number of ether oxygens (including phenoxy) is 1. The standard InChI is InChI=1S/C22H27N5O4S2/c1-13-11-14(2)18(15(3)16(13)12-27(4)5)25-21(28)19-17(7-10-32-19)33(29,30)26-20-22(31-6)24-9-8-23-20/h7-11H,12H2,1-6H3,(H,23,26)(H,25,28). The summed E-state index contributed by atoms with van der Waals surface area (Å²) in [7, 11) is 1.22. The van der Waals surface area contributed by atoms with Crippen LogP contribution in [-0.2, 0) is 16.6 Å². The van der Waals surface area contributed by atoms with Crippen molar-refractivity contribution in [2.45, 2.75) is 32.2 Å². The Morgan fingerprint density at radius 3 is 2.52 bits per heavy atom. The fourth-order valence-electron chi connectivity index (χ4n) is 3.55. The van der Waals surface area contributed by atoms with Gasteiger partial charge in [0.2, 0.25) is 5.82 Å². The zero-order valence-electron chi connectivity index (χ0n) is 19.4. The molecule has 3 rings (SSSR count). The molecule has 0 aliphatic heterocycles. The minimum Gasteiger partial charge on any atom is -0.478 e. The number of nitrogens with zero attached hydrogens (tertiary/aromatic N) is 3. The number of hydrogen-bond donors (Lipinski definition) is 2. The molecule has 33 heavy (non-hydrogen) atoms. The summed E-state index contributed by atoms with van der Waals surface area (Å²) in [6, 6.07) is 3.41. The number of aromatic nitrogens is 2. The maximum absolute atomic E-state index is 13.2. The first kappa shape index (κ1) is 24.6. The Balaban J connectivity index is 1.93. The van der Waals surface area contributed by atoms with Crippen molar-refractivity contribution in [1.82, 2.24) is 14.9 Å². The summed E-state index contributed by atoms with van der Waals surface area (Å²) >= 11 is 1.05. The molecule has 3 aromatic rings. The Labute approximate surface area is 197 Å². The molecule has 0 radical (unpaired) electrons. The maximum atomic E-state index is 13.2. The second-order valence-corrected chi connectivity index (χ2v) is 10.4. The molecule has 0 aliphatic rings. The third kappa shape index (κ3) is 5.32. The molecule has 176 valence electrons. The van der Waals surface area contributed by atoms with Crippen molar-refractivity contribution in [3.63, 3.8) is 0 Å². The van der Waals surface area contributed by atoms with Crippen LogP contribution in [-0.4, -0.2) is 50.4 Å². The number of carbonyl (C=O) groups is 1. The van der Waals surface area contributed by atoms with Gasteiger partial charge in [-0.15, -0.1) is 11.3 Å². The number of hydrogen-bond acceptors (Lipinski definition) is 8. The Bertz CT molecular complexity index is 1290. The zero-order valence-corrected chi connectivity index (χ0v) is 21.0. The van der Waals surface area contributed by atoms with Crippen molar-refractivity contribution in [3.8, 4) is 5.88 Å². The fourth-order valence-corrected chi connectivity index (χ4v) is 5.88. The number of thiophene rings is 1. The number of methoxy groups -OCH3 is 1. The number of anilines is 2. The van der Waals surface area contributed by atoms with Gasteiger partial charge in [0.05, 0.1) is 7.11 Å². The number of rotatable bonds is 8. The van der Waals surface area contributed by atoms with Crippen LogP contribution in [0.25, 0.3) is 0 Å². The highest BCUT2D eigenvalue weighted by molar-refractivity contribution is 7.93. The van der Waals surface area contributed by atoms with E-state index in [2.05, 4.69) is 24.9 Å². The van der Waals surface area contributed by atoms with E-state index in [-0.39, 0.29) is 21.5 Å².